The van der Waals surface area contributed by atoms with Crippen molar-refractivity contribution >= 4 is 11.7 Å². The lowest BCUT2D eigenvalue weighted by Gasteiger charge is -2.16. The SMILES string of the molecule is CCC(F)(C(=N)N)C(N)=O. The summed E-state index contributed by atoms with van der Waals surface area (Å²) < 4.78 is 12.9. The Labute approximate surface area is 57.9 Å². The van der Waals surface area contributed by atoms with E-state index < -0.39 is 17.4 Å². The largest absolute Gasteiger partial charge is 0.384 e. The van der Waals surface area contributed by atoms with Crippen LogP contribution in [0.1, 0.15) is 13.3 Å². The Hall–Kier alpha value is -1.13. The van der Waals surface area contributed by atoms with E-state index in [2.05, 4.69) is 5.73 Å². The Morgan fingerprint density at radius 2 is 2.10 bits per heavy atom. The van der Waals surface area contributed by atoms with E-state index in [-0.39, 0.29) is 6.42 Å². The van der Waals surface area contributed by atoms with E-state index in [0.717, 1.165) is 0 Å². The topological polar surface area (TPSA) is 93.0 Å². The minimum atomic E-state index is -2.46. The normalized spacial score (nSPS) is 15.8. The Balaban J connectivity index is 4.55. The molecule has 0 spiro atoms. The molecule has 0 rings (SSSR count). The summed E-state index contributed by atoms with van der Waals surface area (Å²) in [5.41, 5.74) is 6.98. The van der Waals surface area contributed by atoms with Gasteiger partial charge in [0.25, 0.3) is 5.91 Å². The molecule has 58 valence electrons. The van der Waals surface area contributed by atoms with Gasteiger partial charge in [-0.2, -0.15) is 0 Å². The van der Waals surface area contributed by atoms with Gasteiger partial charge < -0.3 is 11.5 Å². The number of halogens is 1. The average Bonchev–Trinajstić information content (AvgIpc) is 1.85. The molecule has 0 aromatic carbocycles. The number of primary amides is 1. The van der Waals surface area contributed by atoms with Crippen molar-refractivity contribution in [3.05, 3.63) is 0 Å². The molecule has 0 aliphatic carbocycles. The van der Waals surface area contributed by atoms with E-state index in [9.17, 15) is 9.18 Å². The van der Waals surface area contributed by atoms with Crippen molar-refractivity contribution in [3.63, 3.8) is 0 Å². The van der Waals surface area contributed by atoms with E-state index >= 15 is 0 Å². The zero-order valence-corrected chi connectivity index (χ0v) is 5.65. The van der Waals surface area contributed by atoms with Gasteiger partial charge in [0, 0.05) is 0 Å². The monoisotopic (exact) mass is 147 g/mol. The Morgan fingerprint density at radius 1 is 1.70 bits per heavy atom. The summed E-state index contributed by atoms with van der Waals surface area (Å²) in [6, 6.07) is 0. The van der Waals surface area contributed by atoms with Crippen LogP contribution in [0.2, 0.25) is 0 Å². The molecule has 0 saturated heterocycles. The molecule has 1 atom stereocenters. The van der Waals surface area contributed by atoms with Crippen LogP contribution in [0, 0.1) is 5.41 Å². The van der Waals surface area contributed by atoms with Gasteiger partial charge in [-0.15, -0.1) is 0 Å². The maximum Gasteiger partial charge on any atom is 0.263 e. The highest BCUT2D eigenvalue weighted by atomic mass is 19.1. The number of amidine groups is 1. The molecule has 0 aromatic rings. The van der Waals surface area contributed by atoms with Crippen LogP contribution in [0.3, 0.4) is 0 Å². The maximum atomic E-state index is 12.9. The predicted molar refractivity (Wildman–Crippen MR) is 35.2 cm³/mol. The van der Waals surface area contributed by atoms with Gasteiger partial charge in [0.2, 0.25) is 5.67 Å². The van der Waals surface area contributed by atoms with Crippen molar-refractivity contribution in [2.45, 2.75) is 19.0 Å². The number of carbonyl (C=O) groups is 1. The molecule has 0 aliphatic heterocycles. The third-order valence-corrected chi connectivity index (χ3v) is 1.30. The molecule has 10 heavy (non-hydrogen) atoms. The van der Waals surface area contributed by atoms with Crippen molar-refractivity contribution in [1.29, 1.82) is 5.41 Å². The van der Waals surface area contributed by atoms with Gasteiger partial charge in [0.05, 0.1) is 0 Å². The summed E-state index contributed by atoms with van der Waals surface area (Å²) in [4.78, 5) is 10.3. The van der Waals surface area contributed by atoms with Crippen LogP contribution in [0.15, 0.2) is 0 Å². The molecule has 0 saturated carbocycles. The number of rotatable bonds is 3. The minimum absolute atomic E-state index is 0.197. The first-order valence-corrected chi connectivity index (χ1v) is 2.78. The van der Waals surface area contributed by atoms with Gasteiger partial charge in [-0.3, -0.25) is 10.2 Å². The third kappa shape index (κ3) is 1.23. The highest BCUT2D eigenvalue weighted by Gasteiger charge is 2.38. The quantitative estimate of drug-likeness (QED) is 0.371. The molecular weight excluding hydrogens is 137 g/mol. The molecule has 4 nitrogen and oxygen atoms in total. The first kappa shape index (κ1) is 8.87. The predicted octanol–water partition coefficient (Wildman–Crippen LogP) is -0.474. The standard InChI is InChI=1S/C5H10FN3O/c1-2-5(6,3(7)8)4(9)10/h2H2,1H3,(H3,7,8)(H2,9,10). The summed E-state index contributed by atoms with van der Waals surface area (Å²) in [6.45, 7) is 1.40. The minimum Gasteiger partial charge on any atom is -0.384 e. The highest BCUT2D eigenvalue weighted by Crippen LogP contribution is 2.13. The lowest BCUT2D eigenvalue weighted by atomic mass is 10.0. The number of carbonyl (C=O) groups excluding carboxylic acids is 1. The van der Waals surface area contributed by atoms with Crippen LogP contribution in [-0.4, -0.2) is 17.4 Å². The van der Waals surface area contributed by atoms with Crippen molar-refractivity contribution in [2.24, 2.45) is 11.5 Å². The van der Waals surface area contributed by atoms with Gasteiger partial charge in [-0.05, 0) is 6.42 Å². The van der Waals surface area contributed by atoms with E-state index in [1.165, 1.54) is 6.92 Å². The van der Waals surface area contributed by atoms with Gasteiger partial charge in [-0.1, -0.05) is 6.92 Å². The number of amides is 1. The van der Waals surface area contributed by atoms with Crippen LogP contribution in [0.4, 0.5) is 4.39 Å². The molecule has 1 unspecified atom stereocenters. The third-order valence-electron chi connectivity index (χ3n) is 1.30. The van der Waals surface area contributed by atoms with Crippen LogP contribution >= 0.6 is 0 Å². The maximum absolute atomic E-state index is 12.9. The summed E-state index contributed by atoms with van der Waals surface area (Å²) in [5, 5.41) is 6.68. The Morgan fingerprint density at radius 3 is 2.10 bits per heavy atom. The zero-order valence-electron chi connectivity index (χ0n) is 5.65. The average molecular weight is 147 g/mol. The number of nitrogens with two attached hydrogens (primary N) is 2. The summed E-state index contributed by atoms with van der Waals surface area (Å²) in [5.74, 6) is -2.04. The smallest absolute Gasteiger partial charge is 0.263 e. The fourth-order valence-electron chi connectivity index (χ4n) is 0.497. The van der Waals surface area contributed by atoms with Crippen molar-refractivity contribution in [2.75, 3.05) is 0 Å². The lowest BCUT2D eigenvalue weighted by Crippen LogP contribution is -2.49. The molecule has 0 radical (unpaired) electrons. The summed E-state index contributed by atoms with van der Waals surface area (Å²) in [7, 11) is 0. The second-order valence-electron chi connectivity index (χ2n) is 1.93. The number of alkyl halides is 1. The lowest BCUT2D eigenvalue weighted by molar-refractivity contribution is -0.125. The zero-order chi connectivity index (χ0) is 8.36. The van der Waals surface area contributed by atoms with E-state index in [4.69, 9.17) is 11.1 Å². The molecule has 0 aliphatic rings. The Bertz CT molecular complexity index is 154. The molecule has 0 fully saturated rings. The van der Waals surface area contributed by atoms with Gasteiger partial charge in [-0.25, -0.2) is 4.39 Å². The van der Waals surface area contributed by atoms with Crippen LogP contribution < -0.4 is 11.5 Å². The van der Waals surface area contributed by atoms with Crippen molar-refractivity contribution < 1.29 is 9.18 Å². The fraction of sp³-hybridized carbons (Fsp3) is 0.600. The second-order valence-corrected chi connectivity index (χ2v) is 1.93. The fourth-order valence-corrected chi connectivity index (χ4v) is 0.497. The van der Waals surface area contributed by atoms with Crippen LogP contribution in [0.25, 0.3) is 0 Å². The molecule has 0 heterocycles. The molecular formula is C5H10FN3O. The Kier molecular flexibility index (Phi) is 2.34. The van der Waals surface area contributed by atoms with Gasteiger partial charge >= 0.3 is 0 Å². The molecule has 5 N–H and O–H groups in total. The molecule has 5 heteroatoms. The number of nitrogens with one attached hydrogen (secondary N) is 1. The highest BCUT2D eigenvalue weighted by molar-refractivity contribution is 6.08. The van der Waals surface area contributed by atoms with Crippen molar-refractivity contribution in [1.82, 2.24) is 0 Å². The number of hydrogen-bond acceptors (Lipinski definition) is 2. The van der Waals surface area contributed by atoms with Gasteiger partial charge in [0.15, 0.2) is 0 Å². The van der Waals surface area contributed by atoms with E-state index in [1.807, 2.05) is 0 Å². The first-order chi connectivity index (χ1) is 4.45. The summed E-state index contributed by atoms with van der Waals surface area (Å²) in [6.07, 6.45) is -0.197. The van der Waals surface area contributed by atoms with Crippen LogP contribution in [-0.2, 0) is 4.79 Å². The number of hydrogen-bond donors (Lipinski definition) is 3. The van der Waals surface area contributed by atoms with Crippen molar-refractivity contribution in [3.8, 4) is 0 Å². The first-order valence-electron chi connectivity index (χ1n) is 2.78. The van der Waals surface area contributed by atoms with Gasteiger partial charge in [0.1, 0.15) is 5.84 Å². The van der Waals surface area contributed by atoms with E-state index in [0.29, 0.717) is 0 Å². The summed E-state index contributed by atoms with van der Waals surface area (Å²) >= 11 is 0. The molecule has 0 bridgehead atoms. The molecule has 0 aromatic heterocycles. The van der Waals surface area contributed by atoms with Crippen LogP contribution in [0.5, 0.6) is 0 Å². The second kappa shape index (κ2) is 2.64. The van der Waals surface area contributed by atoms with E-state index in [1.54, 1.807) is 0 Å². The molecule has 1 amide bonds.